The van der Waals surface area contributed by atoms with Gasteiger partial charge in [-0.15, -0.1) is 0 Å². The summed E-state index contributed by atoms with van der Waals surface area (Å²) in [5.74, 6) is 0.561. The lowest BCUT2D eigenvalue weighted by molar-refractivity contribution is 0.0123. The minimum absolute atomic E-state index is 0.236. The number of rotatable bonds is 6. The summed E-state index contributed by atoms with van der Waals surface area (Å²) in [6.07, 6.45) is 0.0516. The first kappa shape index (κ1) is 20.7. The number of benzene rings is 1. The van der Waals surface area contributed by atoms with Crippen LogP contribution in [0.4, 0.5) is 4.79 Å². The number of carbonyl (C=O) groups excluding carboxylic acids is 1. The van der Waals surface area contributed by atoms with Crippen molar-refractivity contribution in [3.05, 3.63) is 35.4 Å². The van der Waals surface area contributed by atoms with E-state index in [1.165, 1.54) is 5.56 Å². The predicted molar refractivity (Wildman–Crippen MR) is 101 cm³/mol. The number of ether oxygens (including phenoxy) is 1. The Labute approximate surface area is 155 Å². The van der Waals surface area contributed by atoms with Crippen molar-refractivity contribution in [1.29, 1.82) is 0 Å². The molecule has 1 saturated heterocycles. The fraction of sp³-hybridized carbons (Fsp3) is 0.650. The van der Waals surface area contributed by atoms with Crippen molar-refractivity contribution < 1.29 is 19.7 Å². The average molecular weight is 364 g/mol. The van der Waals surface area contributed by atoms with Crippen LogP contribution in [0.5, 0.6) is 0 Å². The number of aliphatic hydroxyl groups is 2. The molecule has 1 heterocycles. The quantitative estimate of drug-likeness (QED) is 0.622. The van der Waals surface area contributed by atoms with E-state index in [0.29, 0.717) is 11.5 Å². The Hall–Kier alpha value is -1.63. The predicted octanol–water partition coefficient (Wildman–Crippen LogP) is 2.46. The van der Waals surface area contributed by atoms with Crippen molar-refractivity contribution in [2.24, 2.45) is 0 Å². The molecule has 0 radical (unpaired) electrons. The molecule has 4 N–H and O–H groups in total. The van der Waals surface area contributed by atoms with E-state index in [9.17, 15) is 15.0 Å². The molecule has 1 aliphatic heterocycles. The molecule has 0 aromatic heterocycles. The molecule has 2 atom stereocenters. The van der Waals surface area contributed by atoms with E-state index >= 15 is 0 Å². The second kappa shape index (κ2) is 9.35. The summed E-state index contributed by atoms with van der Waals surface area (Å²) in [4.78, 5) is 11.6. The highest BCUT2D eigenvalue weighted by Crippen LogP contribution is 2.27. The fourth-order valence-electron chi connectivity index (χ4n) is 3.14. The summed E-state index contributed by atoms with van der Waals surface area (Å²) in [7, 11) is 0. The number of alkyl carbamates (subject to hydrolysis) is 1. The number of piperidine rings is 1. The third-order valence-electron chi connectivity index (χ3n) is 4.56. The Morgan fingerprint density at radius 1 is 1.23 bits per heavy atom. The van der Waals surface area contributed by atoms with E-state index in [2.05, 4.69) is 10.6 Å². The molecule has 1 fully saturated rings. The molecule has 1 aromatic carbocycles. The van der Waals surface area contributed by atoms with Gasteiger partial charge in [0.25, 0.3) is 0 Å². The van der Waals surface area contributed by atoms with Crippen LogP contribution in [0.3, 0.4) is 0 Å². The molecule has 1 aliphatic rings. The van der Waals surface area contributed by atoms with E-state index in [0.717, 1.165) is 25.9 Å². The number of carbonyl (C=O) groups is 1. The van der Waals surface area contributed by atoms with Gasteiger partial charge in [0.2, 0.25) is 0 Å². The normalized spacial score (nSPS) is 18.2. The van der Waals surface area contributed by atoms with Crippen LogP contribution in [0.25, 0.3) is 0 Å². The van der Waals surface area contributed by atoms with E-state index in [-0.39, 0.29) is 13.0 Å². The first-order chi connectivity index (χ1) is 12.3. The molecule has 0 spiro atoms. The summed E-state index contributed by atoms with van der Waals surface area (Å²) in [5, 5.41) is 26.5. The number of nitrogens with one attached hydrogen (secondary N) is 2. The number of hydrogen-bond donors (Lipinski definition) is 4. The lowest BCUT2D eigenvalue weighted by Gasteiger charge is -2.24. The molecule has 1 aromatic rings. The van der Waals surface area contributed by atoms with Gasteiger partial charge in [-0.05, 0) is 70.2 Å². The highest BCUT2D eigenvalue weighted by atomic mass is 16.6. The van der Waals surface area contributed by atoms with E-state index < -0.39 is 23.9 Å². The summed E-state index contributed by atoms with van der Waals surface area (Å²) in [6.45, 7) is 7.69. The van der Waals surface area contributed by atoms with Gasteiger partial charge in [0.15, 0.2) is 0 Å². The second-order valence-corrected chi connectivity index (χ2v) is 7.92. The molecule has 2 unspecified atom stereocenters. The molecule has 0 bridgehead atoms. The van der Waals surface area contributed by atoms with Crippen LogP contribution in [0.2, 0.25) is 0 Å². The molecule has 146 valence electrons. The maximum atomic E-state index is 11.6. The van der Waals surface area contributed by atoms with Crippen molar-refractivity contribution in [1.82, 2.24) is 10.6 Å². The van der Waals surface area contributed by atoms with Gasteiger partial charge in [0, 0.05) is 6.54 Å². The molecule has 1 amide bonds. The fourth-order valence-corrected chi connectivity index (χ4v) is 3.14. The van der Waals surface area contributed by atoms with Crippen LogP contribution < -0.4 is 10.6 Å². The van der Waals surface area contributed by atoms with Crippen LogP contribution in [-0.4, -0.2) is 47.6 Å². The van der Waals surface area contributed by atoms with Crippen LogP contribution in [0.15, 0.2) is 24.3 Å². The molecule has 26 heavy (non-hydrogen) atoms. The zero-order valence-corrected chi connectivity index (χ0v) is 16.0. The van der Waals surface area contributed by atoms with Crippen molar-refractivity contribution in [3.8, 4) is 0 Å². The van der Waals surface area contributed by atoms with Crippen LogP contribution in [0, 0.1) is 0 Å². The van der Waals surface area contributed by atoms with Crippen molar-refractivity contribution in [2.45, 2.75) is 63.8 Å². The van der Waals surface area contributed by atoms with Gasteiger partial charge in [0.1, 0.15) is 11.7 Å². The Morgan fingerprint density at radius 2 is 1.85 bits per heavy atom. The van der Waals surface area contributed by atoms with E-state index in [4.69, 9.17) is 4.74 Å². The first-order valence-corrected chi connectivity index (χ1v) is 9.40. The lowest BCUT2D eigenvalue weighted by Crippen LogP contribution is -2.34. The summed E-state index contributed by atoms with van der Waals surface area (Å²) < 4.78 is 5.14. The molecule has 6 heteroatoms. The van der Waals surface area contributed by atoms with Crippen LogP contribution >= 0.6 is 0 Å². The maximum absolute atomic E-state index is 11.6. The Balaban J connectivity index is 1.80. The van der Waals surface area contributed by atoms with Gasteiger partial charge >= 0.3 is 6.09 Å². The van der Waals surface area contributed by atoms with Crippen molar-refractivity contribution in [2.75, 3.05) is 19.6 Å². The highest BCUT2D eigenvalue weighted by molar-refractivity contribution is 5.67. The second-order valence-electron chi connectivity index (χ2n) is 7.92. The lowest BCUT2D eigenvalue weighted by atomic mass is 9.89. The minimum atomic E-state index is -0.975. The number of aliphatic hydroxyl groups excluding tert-OH is 2. The van der Waals surface area contributed by atoms with Gasteiger partial charge in [-0.25, -0.2) is 4.79 Å². The Bertz CT molecular complexity index is 562. The summed E-state index contributed by atoms with van der Waals surface area (Å²) >= 11 is 0. The smallest absolute Gasteiger partial charge is 0.407 e. The third kappa shape index (κ3) is 6.59. The molecule has 6 nitrogen and oxygen atoms in total. The third-order valence-corrected chi connectivity index (χ3v) is 4.56. The number of amides is 1. The van der Waals surface area contributed by atoms with Crippen molar-refractivity contribution >= 4 is 6.09 Å². The van der Waals surface area contributed by atoms with E-state index in [1.54, 1.807) is 20.8 Å². The Kier molecular flexibility index (Phi) is 7.43. The molecule has 0 saturated carbocycles. The zero-order valence-electron chi connectivity index (χ0n) is 16.0. The average Bonchev–Trinajstić information content (AvgIpc) is 2.60. The van der Waals surface area contributed by atoms with Gasteiger partial charge in [-0.3, -0.25) is 0 Å². The standard InChI is InChI=1S/C20H32N2O4/c1-20(2,3)26-19(25)22-13-10-17(23)18(24)16-6-4-14(5-7-16)15-8-11-21-12-9-15/h4-7,15,17-18,21,23-24H,8-13H2,1-3H3,(H,22,25). The summed E-state index contributed by atoms with van der Waals surface area (Å²) in [6, 6.07) is 7.85. The Morgan fingerprint density at radius 3 is 2.42 bits per heavy atom. The number of hydrogen-bond acceptors (Lipinski definition) is 5. The molecule has 0 aliphatic carbocycles. The zero-order chi connectivity index (χ0) is 19.2. The monoisotopic (exact) mass is 364 g/mol. The summed E-state index contributed by atoms with van der Waals surface area (Å²) in [5.41, 5.74) is 1.41. The first-order valence-electron chi connectivity index (χ1n) is 9.40. The topological polar surface area (TPSA) is 90.8 Å². The van der Waals surface area contributed by atoms with Crippen LogP contribution in [0.1, 0.15) is 63.2 Å². The molecular weight excluding hydrogens is 332 g/mol. The highest BCUT2D eigenvalue weighted by Gasteiger charge is 2.21. The van der Waals surface area contributed by atoms with Gasteiger partial charge < -0.3 is 25.6 Å². The molecular formula is C20H32N2O4. The SMILES string of the molecule is CC(C)(C)OC(=O)NCCC(O)C(O)c1ccc(C2CCNCC2)cc1. The van der Waals surface area contributed by atoms with Crippen molar-refractivity contribution in [3.63, 3.8) is 0 Å². The van der Waals surface area contributed by atoms with E-state index in [1.807, 2.05) is 24.3 Å². The largest absolute Gasteiger partial charge is 0.444 e. The van der Waals surface area contributed by atoms with Gasteiger partial charge in [-0.2, -0.15) is 0 Å². The van der Waals surface area contributed by atoms with Gasteiger partial charge in [0.05, 0.1) is 6.10 Å². The van der Waals surface area contributed by atoms with Crippen LogP contribution in [-0.2, 0) is 4.74 Å². The minimum Gasteiger partial charge on any atom is -0.444 e. The maximum Gasteiger partial charge on any atom is 0.407 e. The molecule has 2 rings (SSSR count). The van der Waals surface area contributed by atoms with Gasteiger partial charge in [-0.1, -0.05) is 24.3 Å².